The zero-order valence-corrected chi connectivity index (χ0v) is 51.7. The van der Waals surface area contributed by atoms with E-state index < -0.39 is 113 Å². The van der Waals surface area contributed by atoms with Gasteiger partial charge in [0.1, 0.15) is 36.1 Å². The minimum Gasteiger partial charge on any atom is -0.495 e. The second kappa shape index (κ2) is 37.1. The lowest BCUT2D eigenvalue weighted by molar-refractivity contribution is -0.179. The number of hydrogen-bond acceptors (Lipinski definition) is 17. The van der Waals surface area contributed by atoms with Crippen LogP contribution in [0.4, 0.5) is 0 Å². The summed E-state index contributed by atoms with van der Waals surface area (Å²) in [7, 11) is 3.07. The highest BCUT2D eigenvalue weighted by Gasteiger charge is 2.48. The summed E-state index contributed by atoms with van der Waals surface area (Å²) in [5.74, 6) is -6.42. The standard InChI is InChI=1S/C61H89ClN6O18/c1-37(2)32-48-59(77)84-46(12-10-13-50(70)66-45(34-41-18-22-47(80-9)43(62)33-41)57(75)65-36-61(6,7)60(78)85-48)39(5)54-55(86-54)42-19-16-40(17-20-42)35-64-56(74)44(67-58(76)53(38(3)4)68-51(71)14-11-15-52(72)73)21-23-49(69)63-24-25-81-28-29-83-31-30-82-27-26-79-8/h10,13,16-20,22,33,37-39,44-46,48,53-55H,11-12,14-15,21,23-32,34-36H2,1-9H3,(H,63,69)(H,64,74)(H,65,75)(H,66,70)(H,67,76)(H,68,71)(H,72,73)/b13-10-/t39-,44-,45+,46-,48-,53-,54+,55+/m0/s1. The third kappa shape index (κ3) is 25.7. The Bertz CT molecular complexity index is 2580. The van der Waals surface area contributed by atoms with E-state index in [0.717, 1.165) is 5.56 Å². The second-order valence-electron chi connectivity index (χ2n) is 22.6. The third-order valence-electron chi connectivity index (χ3n) is 14.2. The minimum atomic E-state index is -1.30. The van der Waals surface area contributed by atoms with Crippen molar-refractivity contribution in [3.8, 4) is 5.75 Å². The molecule has 478 valence electrons. The van der Waals surface area contributed by atoms with Gasteiger partial charge in [-0.25, -0.2) is 4.79 Å². The maximum absolute atomic E-state index is 14.0. The third-order valence-corrected chi connectivity index (χ3v) is 14.4. The molecule has 2 heterocycles. The van der Waals surface area contributed by atoms with Gasteiger partial charge in [-0.15, -0.1) is 0 Å². The molecule has 0 saturated carbocycles. The zero-order valence-electron chi connectivity index (χ0n) is 51.0. The van der Waals surface area contributed by atoms with Crippen LogP contribution >= 0.6 is 11.6 Å². The monoisotopic (exact) mass is 1230 g/mol. The summed E-state index contributed by atoms with van der Waals surface area (Å²) < 4.78 is 44.8. The van der Waals surface area contributed by atoms with Gasteiger partial charge in [0.2, 0.25) is 35.4 Å². The van der Waals surface area contributed by atoms with Gasteiger partial charge in [-0.05, 0) is 79.8 Å². The molecule has 2 aliphatic heterocycles. The maximum Gasteiger partial charge on any atom is 0.347 e. The first-order valence-electron chi connectivity index (χ1n) is 29.2. The second-order valence-corrected chi connectivity index (χ2v) is 23.0. The number of ether oxygens (including phenoxy) is 8. The van der Waals surface area contributed by atoms with Crippen molar-refractivity contribution in [2.45, 2.75) is 149 Å². The maximum atomic E-state index is 14.0. The van der Waals surface area contributed by atoms with Crippen LogP contribution in [0.3, 0.4) is 0 Å². The van der Waals surface area contributed by atoms with Crippen molar-refractivity contribution in [1.82, 2.24) is 31.9 Å². The van der Waals surface area contributed by atoms with Gasteiger partial charge in [0, 0.05) is 64.8 Å². The number of amides is 6. The molecule has 0 aliphatic carbocycles. The topological polar surface area (TPSA) is 323 Å². The average molecular weight is 1230 g/mol. The van der Waals surface area contributed by atoms with Crippen molar-refractivity contribution in [1.29, 1.82) is 0 Å². The quantitative estimate of drug-likeness (QED) is 0.0293. The van der Waals surface area contributed by atoms with Crippen LogP contribution in [0.2, 0.25) is 5.02 Å². The summed E-state index contributed by atoms with van der Waals surface area (Å²) in [6.07, 6.45) is -0.484. The average Bonchev–Trinajstić information content (AvgIpc) is 3.88. The van der Waals surface area contributed by atoms with E-state index in [0.29, 0.717) is 61.5 Å². The summed E-state index contributed by atoms with van der Waals surface area (Å²) in [6, 6.07) is 8.90. The number of carbonyl (C=O) groups excluding carboxylic acids is 8. The smallest absolute Gasteiger partial charge is 0.347 e. The number of aliphatic carboxylic acids is 1. The van der Waals surface area contributed by atoms with Crippen molar-refractivity contribution < 1.29 is 86.2 Å². The van der Waals surface area contributed by atoms with Gasteiger partial charge < -0.3 is 74.9 Å². The lowest BCUT2D eigenvalue weighted by Gasteiger charge is -2.29. The largest absolute Gasteiger partial charge is 0.495 e. The van der Waals surface area contributed by atoms with Gasteiger partial charge in [0.25, 0.3) is 0 Å². The Balaban J connectivity index is 1.44. The van der Waals surface area contributed by atoms with Crippen LogP contribution in [0.25, 0.3) is 0 Å². The number of carbonyl (C=O) groups is 9. The Morgan fingerprint density at radius 2 is 1.45 bits per heavy atom. The Kier molecular flexibility index (Phi) is 31.0. The molecular formula is C61H89ClN6O18. The normalized spacial score (nSPS) is 20.5. The number of halogens is 1. The van der Waals surface area contributed by atoms with E-state index >= 15 is 0 Å². The number of carboxylic acid groups (broad SMARTS) is 1. The van der Waals surface area contributed by atoms with E-state index in [1.807, 2.05) is 32.9 Å². The highest BCUT2D eigenvalue weighted by Crippen LogP contribution is 2.45. The van der Waals surface area contributed by atoms with E-state index in [2.05, 4.69) is 31.9 Å². The van der Waals surface area contributed by atoms with E-state index in [4.69, 9.17) is 54.6 Å². The molecule has 0 bridgehead atoms. The molecule has 8 atom stereocenters. The van der Waals surface area contributed by atoms with Gasteiger partial charge in [-0.3, -0.25) is 38.4 Å². The fourth-order valence-corrected chi connectivity index (χ4v) is 9.26. The van der Waals surface area contributed by atoms with Crippen LogP contribution < -0.4 is 36.6 Å². The molecule has 2 aromatic rings. The number of benzene rings is 2. The highest BCUT2D eigenvalue weighted by molar-refractivity contribution is 6.32. The first-order valence-corrected chi connectivity index (χ1v) is 29.6. The molecule has 7 N–H and O–H groups in total. The van der Waals surface area contributed by atoms with Crippen LogP contribution in [0, 0.1) is 23.2 Å². The number of cyclic esters (lactones) is 2. The van der Waals surface area contributed by atoms with Crippen molar-refractivity contribution in [3.05, 3.63) is 76.3 Å². The van der Waals surface area contributed by atoms with Crippen LogP contribution in [-0.2, 0) is 89.3 Å². The van der Waals surface area contributed by atoms with Crippen LogP contribution in [0.5, 0.6) is 5.75 Å². The zero-order chi connectivity index (χ0) is 63.3. The molecule has 0 spiro atoms. The lowest BCUT2D eigenvalue weighted by atomic mass is 9.92. The minimum absolute atomic E-state index is 0.0251. The molecule has 25 heteroatoms. The number of esters is 2. The highest BCUT2D eigenvalue weighted by atomic mass is 35.5. The molecule has 4 rings (SSSR count). The van der Waals surface area contributed by atoms with Gasteiger partial charge in [0.15, 0.2) is 6.10 Å². The fraction of sp³-hybridized carbons (Fsp3) is 0.623. The molecule has 86 heavy (non-hydrogen) atoms. The Hall–Kier alpha value is -6.70. The summed E-state index contributed by atoms with van der Waals surface area (Å²) in [5.41, 5.74) is 0.797. The van der Waals surface area contributed by atoms with Crippen molar-refractivity contribution >= 4 is 65.0 Å². The van der Waals surface area contributed by atoms with E-state index in [1.54, 1.807) is 71.2 Å². The van der Waals surface area contributed by atoms with E-state index in [-0.39, 0.29) is 83.5 Å². The van der Waals surface area contributed by atoms with Gasteiger partial charge in [-0.1, -0.05) is 82.6 Å². The predicted octanol–water partition coefficient (Wildman–Crippen LogP) is 4.21. The molecule has 6 amide bonds. The molecule has 1 saturated heterocycles. The molecule has 0 unspecified atom stereocenters. The van der Waals surface area contributed by atoms with E-state index in [9.17, 15) is 43.2 Å². The molecular weight excluding hydrogens is 1140 g/mol. The first-order chi connectivity index (χ1) is 40.9. The van der Waals surface area contributed by atoms with Crippen LogP contribution in [0.15, 0.2) is 54.6 Å². The summed E-state index contributed by atoms with van der Waals surface area (Å²) >= 11 is 6.39. The number of rotatable bonds is 34. The number of methoxy groups -OCH3 is 2. The molecule has 2 aliphatic rings. The van der Waals surface area contributed by atoms with Gasteiger partial charge in [0.05, 0.1) is 69.9 Å². The molecule has 2 aromatic carbocycles. The van der Waals surface area contributed by atoms with Crippen LogP contribution in [0.1, 0.15) is 116 Å². The number of carboxylic acids is 1. The summed E-state index contributed by atoms with van der Waals surface area (Å²) in [4.78, 5) is 119. The van der Waals surface area contributed by atoms with Gasteiger partial charge in [-0.2, -0.15) is 0 Å². The summed E-state index contributed by atoms with van der Waals surface area (Å²) in [6.45, 7) is 14.8. The van der Waals surface area contributed by atoms with Crippen molar-refractivity contribution in [2.75, 3.05) is 73.6 Å². The predicted molar refractivity (Wildman–Crippen MR) is 315 cm³/mol. The Morgan fingerprint density at radius 3 is 2.08 bits per heavy atom. The number of nitrogens with one attached hydrogen (secondary N) is 6. The SMILES string of the molecule is COCCOCCOCCOCCNC(=O)CC[C@H](NC(=O)[C@@H](NC(=O)CCCC(=O)O)C(C)C)C(=O)NCc1ccc([C@H]2O[C@@H]2[C@@H](C)[C@@H]2C/C=C\C(=O)N[C@H](Cc3ccc(OC)c(Cl)c3)C(=O)NCC(C)(C)C(=O)O[C@@H](CC(C)C)C(=O)O2)cc1. The Labute approximate surface area is 508 Å². The van der Waals surface area contributed by atoms with Crippen LogP contribution in [-0.4, -0.2) is 168 Å². The Morgan fingerprint density at radius 1 is 0.791 bits per heavy atom. The number of hydrogen-bond donors (Lipinski definition) is 7. The molecule has 0 aromatic heterocycles. The molecule has 0 radical (unpaired) electrons. The molecule has 1 fully saturated rings. The van der Waals surface area contributed by atoms with Crippen molar-refractivity contribution in [3.63, 3.8) is 0 Å². The van der Waals surface area contributed by atoms with Gasteiger partial charge >= 0.3 is 17.9 Å². The fourth-order valence-electron chi connectivity index (χ4n) is 8.98. The van der Waals surface area contributed by atoms with Crippen molar-refractivity contribution in [2.24, 2.45) is 23.2 Å². The number of epoxide rings is 1. The first kappa shape index (κ1) is 71.8. The van der Waals surface area contributed by atoms with E-state index in [1.165, 1.54) is 13.2 Å². The lowest BCUT2D eigenvalue weighted by Crippen LogP contribution is -2.55. The molecule has 24 nitrogen and oxygen atoms in total. The summed E-state index contributed by atoms with van der Waals surface area (Å²) in [5, 5.41) is 25.8.